The molecule has 0 N–H and O–H groups in total. The molecule has 24 heteroatoms. The first-order valence-corrected chi connectivity index (χ1v) is 29.5. The van der Waals surface area contributed by atoms with Crippen molar-refractivity contribution in [1.82, 2.24) is 0 Å². The van der Waals surface area contributed by atoms with Gasteiger partial charge in [0, 0.05) is 24.2 Å². The van der Waals surface area contributed by atoms with E-state index in [0.29, 0.717) is 65.0 Å². The van der Waals surface area contributed by atoms with Crippen molar-refractivity contribution in [2.45, 2.75) is 232 Å². The van der Waals surface area contributed by atoms with Gasteiger partial charge < -0.3 is 56.8 Å². The Morgan fingerprint density at radius 3 is 1.18 bits per heavy atom. The van der Waals surface area contributed by atoms with E-state index in [4.69, 9.17) is 47.4 Å². The smallest absolute Gasteiger partial charge is 0.348 e. The minimum absolute atomic E-state index is 0.0471. The molecule has 0 aliphatic carbocycles. The van der Waals surface area contributed by atoms with Crippen LogP contribution in [0.1, 0.15) is 196 Å². The quantitative estimate of drug-likeness (QED) is 0.0933. The van der Waals surface area contributed by atoms with Crippen LogP contribution in [-0.2, 0) is 114 Å². The summed E-state index contributed by atoms with van der Waals surface area (Å²) in [5.41, 5.74) is -2.54. The highest BCUT2D eigenvalue weighted by Gasteiger charge is 2.48. The lowest BCUT2D eigenvalue weighted by atomic mass is 9.88. The van der Waals surface area contributed by atoms with Gasteiger partial charge in [-0.3, -0.25) is 38.4 Å². The number of rotatable bonds is 18. The van der Waals surface area contributed by atoms with Gasteiger partial charge in [-0.1, -0.05) is 76.2 Å². The van der Waals surface area contributed by atoms with Crippen molar-refractivity contribution in [3.05, 3.63) is 0 Å². The molecule has 9 atom stereocenters. The lowest BCUT2D eigenvalue weighted by molar-refractivity contribution is -0.170. The fourth-order valence-electron chi connectivity index (χ4n) is 6.60. The molecule has 6 aliphatic heterocycles. The summed E-state index contributed by atoms with van der Waals surface area (Å²) in [6.45, 7) is 36.9. The molecule has 85 heavy (non-hydrogen) atoms. The second kappa shape index (κ2) is 34.7. The molecule has 0 aromatic carbocycles. The summed E-state index contributed by atoms with van der Waals surface area (Å²) in [5, 5.41) is 0. The second-order valence-electron chi connectivity index (χ2n) is 25.0. The molecule has 486 valence electrons. The van der Waals surface area contributed by atoms with E-state index >= 15 is 0 Å². The molecule has 6 aliphatic rings. The molecule has 24 nitrogen and oxygen atoms in total. The molecule has 0 spiro atoms. The molecule has 0 saturated carbocycles. The molecular formula is C61H98O24. The summed E-state index contributed by atoms with van der Waals surface area (Å²) in [6, 6.07) is 0. The van der Waals surface area contributed by atoms with Gasteiger partial charge in [0.15, 0.2) is 0 Å². The minimum atomic E-state index is -0.772. The van der Waals surface area contributed by atoms with Crippen molar-refractivity contribution in [1.29, 1.82) is 0 Å². The number of cyclic esters (lactones) is 6. The third kappa shape index (κ3) is 25.2. The van der Waals surface area contributed by atoms with Crippen LogP contribution in [0.2, 0.25) is 0 Å². The molecule has 9 unspecified atom stereocenters. The number of hydrogen-bond acceptors (Lipinski definition) is 24. The van der Waals surface area contributed by atoms with Crippen molar-refractivity contribution in [2.24, 2.45) is 44.8 Å². The lowest BCUT2D eigenvalue weighted by Crippen LogP contribution is -2.39. The highest BCUT2D eigenvalue weighted by Crippen LogP contribution is 2.34. The Bertz CT molecular complexity index is 2300. The summed E-state index contributed by atoms with van der Waals surface area (Å²) in [6.07, 6.45) is 1.98. The summed E-state index contributed by atoms with van der Waals surface area (Å²) in [5.74, 6) is -4.41. The van der Waals surface area contributed by atoms with E-state index in [9.17, 15) is 57.5 Å². The van der Waals surface area contributed by atoms with Gasteiger partial charge in [0.1, 0.15) is 32.0 Å². The normalized spacial score (nSPS) is 23.7. The maximum atomic E-state index is 11.9. The first-order chi connectivity index (χ1) is 39.3. The van der Waals surface area contributed by atoms with Gasteiger partial charge in [-0.25, -0.2) is 19.2 Å². The molecule has 6 rings (SSSR count). The van der Waals surface area contributed by atoms with Crippen LogP contribution < -0.4 is 0 Å². The number of ether oxygens (including phenoxy) is 12. The summed E-state index contributed by atoms with van der Waals surface area (Å²) in [7, 11) is 0. The van der Waals surface area contributed by atoms with Crippen LogP contribution in [0, 0.1) is 44.8 Å². The molecule has 6 saturated heterocycles. The Balaban J connectivity index is 0.000000511. The van der Waals surface area contributed by atoms with Crippen LogP contribution in [0.4, 0.5) is 0 Å². The Hall–Kier alpha value is -6.36. The molecule has 0 aromatic rings. The SMILES string of the molecule is CCC(C)(C)C(=O)OC1C(=O)OCC1(C)C.CCC(C)(C)C(=O)OC1C(=O)OCC1C.CCC(C)(C)C(=O)OC1CCOC1=O.CCC(C)(C)C(=O)OC1COC(=O)C1.CCC(C)C(=O)OC1CCOC1=O.CCC(C)C(=O)OC1COC(=O)C1. The summed E-state index contributed by atoms with van der Waals surface area (Å²) in [4.78, 5) is 135. The number of carbonyl (C=O) groups is 12. The van der Waals surface area contributed by atoms with Crippen LogP contribution >= 0.6 is 0 Å². The predicted molar refractivity (Wildman–Crippen MR) is 302 cm³/mol. The number of hydrogen-bond donors (Lipinski definition) is 0. The fraction of sp³-hybridized carbons (Fsp3) is 0.803. The van der Waals surface area contributed by atoms with Gasteiger partial charge in [-0.05, 0) is 93.9 Å². The van der Waals surface area contributed by atoms with E-state index in [0.717, 1.165) is 12.8 Å². The molecule has 6 fully saturated rings. The average molecular weight is 1220 g/mol. The van der Waals surface area contributed by atoms with E-state index < -0.39 is 75.4 Å². The van der Waals surface area contributed by atoms with Crippen LogP contribution in [0.25, 0.3) is 0 Å². The van der Waals surface area contributed by atoms with E-state index in [1.807, 2.05) is 90.0 Å². The van der Waals surface area contributed by atoms with Crippen molar-refractivity contribution < 1.29 is 114 Å². The number of carbonyl (C=O) groups excluding carboxylic acids is 12. The highest BCUT2D eigenvalue weighted by atomic mass is 16.6. The topological polar surface area (TPSA) is 316 Å². The monoisotopic (exact) mass is 1210 g/mol. The zero-order valence-corrected chi connectivity index (χ0v) is 53.8. The Morgan fingerprint density at radius 2 is 0.847 bits per heavy atom. The third-order valence-electron chi connectivity index (χ3n) is 15.5. The molecule has 0 radical (unpaired) electrons. The van der Waals surface area contributed by atoms with Gasteiger partial charge >= 0.3 is 71.6 Å². The lowest BCUT2D eigenvalue weighted by Gasteiger charge is -2.27. The van der Waals surface area contributed by atoms with Crippen molar-refractivity contribution >= 4 is 71.6 Å². The van der Waals surface area contributed by atoms with E-state index in [1.54, 1.807) is 41.5 Å². The van der Waals surface area contributed by atoms with Gasteiger partial charge in [-0.2, -0.15) is 0 Å². The van der Waals surface area contributed by atoms with Crippen LogP contribution in [0.3, 0.4) is 0 Å². The van der Waals surface area contributed by atoms with E-state index in [2.05, 4.69) is 9.47 Å². The Kier molecular flexibility index (Phi) is 31.3. The van der Waals surface area contributed by atoms with Crippen LogP contribution in [-0.4, -0.2) is 148 Å². The molecule has 0 aromatic heterocycles. The van der Waals surface area contributed by atoms with Crippen molar-refractivity contribution in [2.75, 3.05) is 39.6 Å². The zero-order valence-electron chi connectivity index (χ0n) is 53.8. The largest absolute Gasteiger partial charge is 0.463 e. The second-order valence-corrected chi connectivity index (χ2v) is 25.0. The van der Waals surface area contributed by atoms with Crippen LogP contribution in [0.15, 0.2) is 0 Å². The average Bonchev–Trinajstić information content (AvgIpc) is 4.41. The standard InChI is InChI=1S/C12H20O4.C11H18O4.2C10H16O4.2C9H14O4/c1-6-11(2,3)10(14)16-8-9(13)15-7-12(8,4)5;1-5-11(3,4)10(13)15-8-7(2)6-14-9(8)12;1-4-10(2,3)9(12)14-7-5-8(11)13-6-7;1-4-10(2,3)9(12)14-7-5-6-13-8(7)11;1-3-6(2)9(11)13-7-4-8(10)12-5-7;1-3-6(2)8(10)13-7-4-5-12-9(7)11/h8H,6-7H2,1-5H3;7-8H,5-6H2,1-4H3;2*7H,4-6H2,1-3H3;2*6-7H,3-5H2,1-2H3. The summed E-state index contributed by atoms with van der Waals surface area (Å²) >= 11 is 0. The maximum absolute atomic E-state index is 11.9. The van der Waals surface area contributed by atoms with Crippen molar-refractivity contribution in [3.8, 4) is 0 Å². The molecule has 6 heterocycles. The highest BCUT2D eigenvalue weighted by molar-refractivity contribution is 5.85. The first kappa shape index (κ1) is 76.7. The van der Waals surface area contributed by atoms with Crippen LogP contribution in [0.5, 0.6) is 0 Å². The molecule has 0 amide bonds. The minimum Gasteiger partial charge on any atom is -0.463 e. The Labute approximate surface area is 501 Å². The zero-order chi connectivity index (χ0) is 65.4. The predicted octanol–water partition coefficient (Wildman–Crippen LogP) is 7.79. The van der Waals surface area contributed by atoms with E-state index in [-0.39, 0.29) is 104 Å². The maximum Gasteiger partial charge on any atom is 0.348 e. The van der Waals surface area contributed by atoms with Gasteiger partial charge in [0.05, 0.1) is 66.2 Å². The van der Waals surface area contributed by atoms with Gasteiger partial charge in [0.25, 0.3) is 0 Å². The van der Waals surface area contributed by atoms with Crippen molar-refractivity contribution in [3.63, 3.8) is 0 Å². The summed E-state index contributed by atoms with van der Waals surface area (Å²) < 4.78 is 59.1. The van der Waals surface area contributed by atoms with Gasteiger partial charge in [-0.15, -0.1) is 0 Å². The fourth-order valence-corrected chi connectivity index (χ4v) is 6.60. The number of esters is 12. The molecule has 0 bridgehead atoms. The van der Waals surface area contributed by atoms with E-state index in [1.165, 1.54) is 0 Å². The van der Waals surface area contributed by atoms with Gasteiger partial charge in [0.2, 0.25) is 24.4 Å². The third-order valence-corrected chi connectivity index (χ3v) is 15.5. The first-order valence-electron chi connectivity index (χ1n) is 29.5. The molecular weight excluding hydrogens is 1120 g/mol. The Morgan fingerprint density at radius 1 is 0.471 bits per heavy atom.